The van der Waals surface area contributed by atoms with Crippen molar-refractivity contribution in [2.24, 2.45) is 0 Å². The summed E-state index contributed by atoms with van der Waals surface area (Å²) in [6, 6.07) is 191. The van der Waals surface area contributed by atoms with Crippen molar-refractivity contribution in [2.75, 3.05) is 9.80 Å². The van der Waals surface area contributed by atoms with Gasteiger partial charge in [0.05, 0.1) is 27.8 Å². The molecule has 133 heavy (non-hydrogen) atoms. The molecular weight excluding hydrogens is 1610 g/mol. The summed E-state index contributed by atoms with van der Waals surface area (Å²) in [5, 5.41) is 12.4. The van der Waals surface area contributed by atoms with Crippen LogP contribution in [-0.4, -0.2) is 9.13 Å². The molecule has 0 aliphatic rings. The number of benzene rings is 22. The fourth-order valence-electron chi connectivity index (χ4n) is 19.6. The van der Waals surface area contributed by atoms with Crippen LogP contribution in [0.1, 0.15) is 0 Å². The van der Waals surface area contributed by atoms with Crippen molar-refractivity contribution >= 4 is 121 Å². The number of fused-ring (bicyclic) bond motifs is 11. The summed E-state index contributed by atoms with van der Waals surface area (Å²) in [5.74, 6) is 0. The molecule has 626 valence electrons. The Labute approximate surface area is 773 Å². The molecule has 0 unspecified atom stereocenters. The maximum absolute atomic E-state index is 6.14. The topological polar surface area (TPSA) is 29.5 Å². The van der Waals surface area contributed by atoms with Gasteiger partial charge in [0, 0.05) is 77.7 Å². The molecule has 0 saturated heterocycles. The Hall–Kier alpha value is -17.6. The molecular formula is C128H88N4O. The Balaban J connectivity index is 0.000000114. The van der Waals surface area contributed by atoms with Crippen LogP contribution in [0.25, 0.3) is 187 Å². The summed E-state index contributed by atoms with van der Waals surface area (Å²) in [6.45, 7) is 0. The molecule has 0 atom stereocenters. The molecule has 0 fully saturated rings. The summed E-state index contributed by atoms with van der Waals surface area (Å²) in [5.41, 5.74) is 35.1. The van der Waals surface area contributed by atoms with Crippen LogP contribution in [0.2, 0.25) is 0 Å². The Morgan fingerprint density at radius 3 is 0.812 bits per heavy atom. The number of rotatable bonds is 16. The number of furan rings is 1. The van der Waals surface area contributed by atoms with Crippen LogP contribution >= 0.6 is 0 Å². The van der Waals surface area contributed by atoms with Gasteiger partial charge in [0.2, 0.25) is 0 Å². The Kier molecular flexibility index (Phi) is 21.4. The van der Waals surface area contributed by atoms with Gasteiger partial charge in [0.15, 0.2) is 0 Å². The molecule has 25 rings (SSSR count). The maximum atomic E-state index is 6.14. The van der Waals surface area contributed by atoms with E-state index in [1.807, 2.05) is 12.1 Å². The first kappa shape index (κ1) is 80.0. The molecule has 0 amide bonds. The van der Waals surface area contributed by atoms with Crippen LogP contribution in [-0.2, 0) is 0 Å². The third-order valence-corrected chi connectivity index (χ3v) is 25.9. The second kappa shape index (κ2) is 35.5. The molecule has 3 heterocycles. The quantitative estimate of drug-likeness (QED) is 0.0903. The second-order valence-electron chi connectivity index (χ2n) is 33.7. The molecule has 0 bridgehead atoms. The SMILES string of the molecule is c1ccc(-c2ccc(-c3c4ccccc4c(-c4ccc5oc6ccccc6c5c4)c4ccccc34)cc2)cc1.c1ccc(-c2ccc(N(c3ccc(-c4ccccc4)cc3)c3ccc(-c4ccccc4-n4c5ccccc5c5ccccc54)cc3)cc2)cc1.c1ccc(-c2ccc(N(c3ccc(-c4ccccc4)cc3)c3cccc(-n4c5ccccc5c5ccccc54)c3)cc2)cc1. The van der Waals surface area contributed by atoms with E-state index in [0.717, 1.165) is 61.8 Å². The zero-order valence-corrected chi connectivity index (χ0v) is 73.0. The summed E-state index contributed by atoms with van der Waals surface area (Å²) in [6.07, 6.45) is 0. The van der Waals surface area contributed by atoms with E-state index in [1.54, 1.807) is 0 Å². The maximum Gasteiger partial charge on any atom is 0.135 e. The average Bonchev–Trinajstić information content (AvgIpc) is 1.57. The van der Waals surface area contributed by atoms with Crippen molar-refractivity contribution < 1.29 is 4.42 Å². The summed E-state index contributed by atoms with van der Waals surface area (Å²) in [7, 11) is 0. The molecule has 0 aliphatic heterocycles. The number of aromatic nitrogens is 2. The number of hydrogen-bond donors (Lipinski definition) is 0. The van der Waals surface area contributed by atoms with Crippen molar-refractivity contribution in [1.29, 1.82) is 0 Å². The van der Waals surface area contributed by atoms with Gasteiger partial charge >= 0.3 is 0 Å². The number of para-hydroxylation sites is 6. The molecule has 0 spiro atoms. The van der Waals surface area contributed by atoms with Crippen molar-refractivity contribution in [3.05, 3.63) is 534 Å². The summed E-state index contributed by atoms with van der Waals surface area (Å²) < 4.78 is 10.9. The van der Waals surface area contributed by atoms with Crippen LogP contribution in [0.4, 0.5) is 34.1 Å². The summed E-state index contributed by atoms with van der Waals surface area (Å²) in [4.78, 5) is 4.69. The monoisotopic (exact) mass is 1700 g/mol. The molecule has 0 radical (unpaired) electrons. The number of nitrogens with zero attached hydrogens (tertiary/aromatic N) is 4. The third kappa shape index (κ3) is 15.5. The molecule has 0 saturated carbocycles. The van der Waals surface area contributed by atoms with Crippen molar-refractivity contribution in [3.8, 4) is 100 Å². The Morgan fingerprint density at radius 2 is 0.421 bits per heavy atom. The lowest BCUT2D eigenvalue weighted by Crippen LogP contribution is -2.10. The number of hydrogen-bond acceptors (Lipinski definition) is 3. The van der Waals surface area contributed by atoms with E-state index in [2.05, 4.69) is 541 Å². The highest BCUT2D eigenvalue weighted by atomic mass is 16.3. The zero-order chi connectivity index (χ0) is 88.3. The minimum absolute atomic E-state index is 0.920. The molecule has 5 nitrogen and oxygen atoms in total. The fraction of sp³-hybridized carbons (Fsp3) is 0. The molecule has 25 aromatic rings. The molecule has 0 aliphatic carbocycles. The van der Waals surface area contributed by atoms with E-state index < -0.39 is 0 Å². The largest absolute Gasteiger partial charge is 0.456 e. The lowest BCUT2D eigenvalue weighted by atomic mass is 9.85. The molecule has 0 N–H and O–H groups in total. The predicted molar refractivity (Wildman–Crippen MR) is 563 cm³/mol. The predicted octanol–water partition coefficient (Wildman–Crippen LogP) is 35.7. The van der Waals surface area contributed by atoms with E-state index in [9.17, 15) is 0 Å². The Morgan fingerprint density at radius 1 is 0.150 bits per heavy atom. The van der Waals surface area contributed by atoms with Crippen molar-refractivity contribution in [3.63, 3.8) is 0 Å². The van der Waals surface area contributed by atoms with Gasteiger partial charge in [-0.1, -0.05) is 406 Å². The van der Waals surface area contributed by atoms with E-state index in [1.165, 1.54) is 160 Å². The van der Waals surface area contributed by atoms with Crippen molar-refractivity contribution in [2.45, 2.75) is 0 Å². The van der Waals surface area contributed by atoms with Crippen molar-refractivity contribution in [1.82, 2.24) is 9.13 Å². The zero-order valence-electron chi connectivity index (χ0n) is 73.0. The van der Waals surface area contributed by atoms with E-state index in [-0.39, 0.29) is 0 Å². The van der Waals surface area contributed by atoms with Gasteiger partial charge in [0.25, 0.3) is 0 Å². The van der Waals surface area contributed by atoms with Crippen LogP contribution < -0.4 is 9.80 Å². The van der Waals surface area contributed by atoms with Gasteiger partial charge in [-0.05, 0) is 232 Å². The van der Waals surface area contributed by atoms with Gasteiger partial charge in [-0.15, -0.1) is 0 Å². The van der Waals surface area contributed by atoms with Gasteiger partial charge in [-0.2, -0.15) is 0 Å². The average molecular weight is 1700 g/mol. The minimum atomic E-state index is 0.920. The lowest BCUT2D eigenvalue weighted by molar-refractivity contribution is 0.669. The smallest absolute Gasteiger partial charge is 0.135 e. The van der Waals surface area contributed by atoms with E-state index in [4.69, 9.17) is 4.42 Å². The highest BCUT2D eigenvalue weighted by Gasteiger charge is 2.23. The van der Waals surface area contributed by atoms with Crippen LogP contribution in [0.5, 0.6) is 0 Å². The van der Waals surface area contributed by atoms with E-state index >= 15 is 0 Å². The van der Waals surface area contributed by atoms with Crippen LogP contribution in [0.3, 0.4) is 0 Å². The van der Waals surface area contributed by atoms with Gasteiger partial charge < -0.3 is 23.4 Å². The molecule has 3 aromatic heterocycles. The highest BCUT2D eigenvalue weighted by molar-refractivity contribution is 6.22. The normalized spacial score (nSPS) is 11.3. The number of anilines is 6. The standard InChI is InChI=1S/C48H34N2.C42H30N2.C38H24O/c1-3-13-35(14-4-1)37-23-29-40(30-24-37)49(41-31-25-38(26-32-41)36-15-5-2-6-16-36)42-33-27-39(28-34-42)43-17-7-10-20-46(43)50-47-21-11-8-18-44(47)45-19-9-12-22-48(45)50;1-3-12-31(13-4-1)33-22-26-35(27-23-33)43(36-28-24-34(25-29-36)32-14-5-2-6-15-32)37-16-11-17-38(30-37)44-41-20-9-7-18-39(41)40-19-8-10-21-42(40)44;1-2-10-25(11-3-1)26-18-20-27(21-19-26)37-30-13-4-6-15-32(30)38(33-16-7-5-14-31(33)37)28-22-23-36-34(24-28)29-12-8-9-17-35(29)39-36/h1-34H;1-30H;1-24H. The van der Waals surface area contributed by atoms with Crippen LogP contribution in [0, 0.1) is 0 Å². The third-order valence-electron chi connectivity index (χ3n) is 25.9. The Bertz CT molecular complexity index is 8150. The summed E-state index contributed by atoms with van der Waals surface area (Å²) >= 11 is 0. The van der Waals surface area contributed by atoms with Gasteiger partial charge in [0.1, 0.15) is 11.2 Å². The first-order chi connectivity index (χ1) is 66.0. The molecule has 5 heteroatoms. The molecule has 22 aromatic carbocycles. The van der Waals surface area contributed by atoms with Gasteiger partial charge in [-0.25, -0.2) is 0 Å². The van der Waals surface area contributed by atoms with Crippen LogP contribution in [0.15, 0.2) is 538 Å². The lowest BCUT2D eigenvalue weighted by Gasteiger charge is -2.26. The first-order valence-electron chi connectivity index (χ1n) is 45.5. The first-order valence-corrected chi connectivity index (χ1v) is 45.5. The van der Waals surface area contributed by atoms with E-state index in [0.29, 0.717) is 0 Å². The minimum Gasteiger partial charge on any atom is -0.456 e. The fourth-order valence-corrected chi connectivity index (χ4v) is 19.6. The van der Waals surface area contributed by atoms with Gasteiger partial charge in [-0.3, -0.25) is 0 Å². The highest BCUT2D eigenvalue weighted by Crippen LogP contribution is 2.48. The second-order valence-corrected chi connectivity index (χ2v) is 33.7.